The molecule has 0 atom stereocenters. The zero-order valence-corrected chi connectivity index (χ0v) is 10.2. The van der Waals surface area contributed by atoms with Gasteiger partial charge in [-0.3, -0.25) is 10.1 Å². The third-order valence-corrected chi connectivity index (χ3v) is 2.80. The summed E-state index contributed by atoms with van der Waals surface area (Å²) in [6, 6.07) is 10.3. The smallest absolute Gasteiger partial charge is 0.311 e. The monoisotopic (exact) mass is 293 g/mol. The Bertz CT molecular complexity index is 560. The van der Waals surface area contributed by atoms with Crippen LogP contribution in [-0.4, -0.2) is 9.91 Å². The number of para-hydroxylation sites is 1. The van der Waals surface area contributed by atoms with Gasteiger partial charge in [0.1, 0.15) is 0 Å². The van der Waals surface area contributed by atoms with Crippen LogP contribution in [0.25, 0.3) is 0 Å². The van der Waals surface area contributed by atoms with Gasteiger partial charge in [0.05, 0.1) is 10.6 Å². The van der Waals surface area contributed by atoms with Crippen molar-refractivity contribution >= 4 is 33.1 Å². The van der Waals surface area contributed by atoms with E-state index >= 15 is 0 Å². The van der Waals surface area contributed by atoms with Gasteiger partial charge in [-0.2, -0.15) is 0 Å². The fourth-order valence-electron chi connectivity index (χ4n) is 1.33. The number of halogens is 1. The molecular formula is C11H8BrN3O2. The van der Waals surface area contributed by atoms with E-state index in [1.165, 1.54) is 18.3 Å². The Kier molecular flexibility index (Phi) is 3.34. The highest BCUT2D eigenvalue weighted by Crippen LogP contribution is 2.28. The predicted octanol–water partition coefficient (Wildman–Crippen LogP) is 3.50. The highest BCUT2D eigenvalue weighted by Gasteiger charge is 2.14. The Hall–Kier alpha value is -1.95. The summed E-state index contributed by atoms with van der Waals surface area (Å²) in [5.41, 5.74) is 0.678. The number of anilines is 2. The van der Waals surface area contributed by atoms with E-state index < -0.39 is 4.92 Å². The standard InChI is InChI=1S/C11H8BrN3O2/c12-8-4-1-2-5-9(8)14-11-10(15(16)17)6-3-7-13-11/h1-7H,(H,13,14). The maximum Gasteiger partial charge on any atom is 0.311 e. The lowest BCUT2D eigenvalue weighted by molar-refractivity contribution is -0.384. The van der Waals surface area contributed by atoms with Crippen molar-refractivity contribution in [1.29, 1.82) is 0 Å². The van der Waals surface area contributed by atoms with Gasteiger partial charge in [-0.15, -0.1) is 0 Å². The molecule has 0 radical (unpaired) electrons. The van der Waals surface area contributed by atoms with Crippen molar-refractivity contribution in [2.24, 2.45) is 0 Å². The summed E-state index contributed by atoms with van der Waals surface area (Å²) in [6.07, 6.45) is 1.51. The molecule has 17 heavy (non-hydrogen) atoms. The molecule has 86 valence electrons. The summed E-state index contributed by atoms with van der Waals surface area (Å²) >= 11 is 3.36. The van der Waals surface area contributed by atoms with Crippen molar-refractivity contribution < 1.29 is 4.92 Å². The molecule has 1 heterocycles. The molecule has 1 aromatic heterocycles. The first-order chi connectivity index (χ1) is 8.18. The molecule has 0 aliphatic carbocycles. The maximum atomic E-state index is 10.8. The second kappa shape index (κ2) is 4.92. The minimum absolute atomic E-state index is 0.0525. The van der Waals surface area contributed by atoms with Crippen LogP contribution >= 0.6 is 15.9 Å². The Morgan fingerprint density at radius 3 is 2.71 bits per heavy atom. The van der Waals surface area contributed by atoms with Crippen molar-refractivity contribution in [3.63, 3.8) is 0 Å². The molecule has 0 bridgehead atoms. The summed E-state index contributed by atoms with van der Waals surface area (Å²) in [5.74, 6) is 0.226. The van der Waals surface area contributed by atoms with Crippen LogP contribution in [-0.2, 0) is 0 Å². The first-order valence-electron chi connectivity index (χ1n) is 4.79. The van der Waals surface area contributed by atoms with Crippen LogP contribution in [0.3, 0.4) is 0 Å². The van der Waals surface area contributed by atoms with Crippen LogP contribution in [0.1, 0.15) is 0 Å². The summed E-state index contributed by atoms with van der Waals surface area (Å²) < 4.78 is 0.819. The van der Waals surface area contributed by atoms with Crippen molar-refractivity contribution in [2.75, 3.05) is 5.32 Å². The second-order valence-corrected chi connectivity index (χ2v) is 4.09. The first-order valence-corrected chi connectivity index (χ1v) is 5.59. The van der Waals surface area contributed by atoms with Crippen LogP contribution in [0, 0.1) is 10.1 Å². The average Bonchev–Trinajstić information content (AvgIpc) is 2.32. The molecule has 0 amide bonds. The minimum atomic E-state index is -0.466. The number of nitrogens with one attached hydrogen (secondary N) is 1. The number of hydrogen-bond donors (Lipinski definition) is 1. The van der Waals surface area contributed by atoms with Gasteiger partial charge in [-0.25, -0.2) is 4.98 Å². The number of nitrogens with zero attached hydrogens (tertiary/aromatic N) is 2. The summed E-state index contributed by atoms with van der Waals surface area (Å²) in [4.78, 5) is 14.3. The van der Waals surface area contributed by atoms with E-state index in [2.05, 4.69) is 26.2 Å². The molecule has 5 nitrogen and oxygen atoms in total. The Morgan fingerprint density at radius 1 is 1.24 bits per heavy atom. The molecule has 6 heteroatoms. The Labute approximate surface area is 106 Å². The van der Waals surface area contributed by atoms with E-state index in [1.54, 1.807) is 0 Å². The lowest BCUT2D eigenvalue weighted by atomic mass is 10.3. The number of pyridine rings is 1. The summed E-state index contributed by atoms with van der Waals surface area (Å²) in [6.45, 7) is 0. The van der Waals surface area contributed by atoms with E-state index in [-0.39, 0.29) is 11.5 Å². The molecule has 0 aliphatic rings. The Balaban J connectivity index is 2.37. The molecule has 0 fully saturated rings. The fourth-order valence-corrected chi connectivity index (χ4v) is 1.71. The van der Waals surface area contributed by atoms with E-state index in [4.69, 9.17) is 0 Å². The van der Waals surface area contributed by atoms with Gasteiger partial charge >= 0.3 is 5.69 Å². The molecule has 1 aromatic carbocycles. The quantitative estimate of drug-likeness (QED) is 0.695. The molecule has 2 rings (SSSR count). The van der Waals surface area contributed by atoms with Crippen LogP contribution in [0.15, 0.2) is 47.1 Å². The summed E-state index contributed by atoms with van der Waals surface area (Å²) in [5, 5.41) is 13.7. The molecule has 2 aromatic rings. The number of rotatable bonds is 3. The highest BCUT2D eigenvalue weighted by molar-refractivity contribution is 9.10. The third kappa shape index (κ3) is 2.59. The number of hydrogen-bond acceptors (Lipinski definition) is 4. The number of benzene rings is 1. The lowest BCUT2D eigenvalue weighted by Crippen LogP contribution is -1.99. The van der Waals surface area contributed by atoms with Crippen molar-refractivity contribution in [3.05, 3.63) is 57.2 Å². The van der Waals surface area contributed by atoms with Crippen LogP contribution in [0.4, 0.5) is 17.2 Å². The van der Waals surface area contributed by atoms with Crippen LogP contribution in [0.5, 0.6) is 0 Å². The SMILES string of the molecule is O=[N+]([O-])c1cccnc1Nc1ccccc1Br. The highest BCUT2D eigenvalue weighted by atomic mass is 79.9. The van der Waals surface area contributed by atoms with Gasteiger partial charge in [-0.1, -0.05) is 12.1 Å². The summed E-state index contributed by atoms with van der Waals surface area (Å²) in [7, 11) is 0. The van der Waals surface area contributed by atoms with Gasteiger partial charge in [0.15, 0.2) is 0 Å². The third-order valence-electron chi connectivity index (χ3n) is 2.11. The average molecular weight is 294 g/mol. The Morgan fingerprint density at radius 2 is 2.00 bits per heavy atom. The van der Waals surface area contributed by atoms with Gasteiger partial charge in [0.2, 0.25) is 5.82 Å². The molecule has 0 spiro atoms. The minimum Gasteiger partial charge on any atom is -0.334 e. The molecular weight excluding hydrogens is 286 g/mol. The van der Waals surface area contributed by atoms with Gasteiger partial charge < -0.3 is 5.32 Å². The molecule has 0 aliphatic heterocycles. The van der Waals surface area contributed by atoms with E-state index in [9.17, 15) is 10.1 Å². The number of aromatic nitrogens is 1. The number of nitro groups is 1. The van der Waals surface area contributed by atoms with E-state index in [1.807, 2.05) is 24.3 Å². The lowest BCUT2D eigenvalue weighted by Gasteiger charge is -2.07. The maximum absolute atomic E-state index is 10.8. The van der Waals surface area contributed by atoms with Gasteiger partial charge in [-0.05, 0) is 34.1 Å². The predicted molar refractivity (Wildman–Crippen MR) is 68.3 cm³/mol. The molecule has 1 N–H and O–H groups in total. The zero-order valence-electron chi connectivity index (χ0n) is 8.63. The zero-order chi connectivity index (χ0) is 12.3. The van der Waals surface area contributed by atoms with Gasteiger partial charge in [0, 0.05) is 16.7 Å². The molecule has 0 unspecified atom stereocenters. The van der Waals surface area contributed by atoms with Crippen molar-refractivity contribution in [2.45, 2.75) is 0 Å². The van der Waals surface area contributed by atoms with E-state index in [0.29, 0.717) is 0 Å². The van der Waals surface area contributed by atoms with Crippen LogP contribution < -0.4 is 5.32 Å². The topological polar surface area (TPSA) is 68.1 Å². The van der Waals surface area contributed by atoms with Gasteiger partial charge in [0.25, 0.3) is 0 Å². The van der Waals surface area contributed by atoms with Crippen LogP contribution in [0.2, 0.25) is 0 Å². The van der Waals surface area contributed by atoms with E-state index in [0.717, 1.165) is 10.2 Å². The second-order valence-electron chi connectivity index (χ2n) is 3.23. The molecule has 0 saturated heterocycles. The largest absolute Gasteiger partial charge is 0.334 e. The van der Waals surface area contributed by atoms with Crippen molar-refractivity contribution in [1.82, 2.24) is 4.98 Å². The fraction of sp³-hybridized carbons (Fsp3) is 0. The first kappa shape index (κ1) is 11.5. The molecule has 0 saturated carbocycles. The van der Waals surface area contributed by atoms with Crippen molar-refractivity contribution in [3.8, 4) is 0 Å². The normalized spacial score (nSPS) is 9.94.